The van der Waals surface area contributed by atoms with Crippen LogP contribution in [0.4, 0.5) is 0 Å². The quantitative estimate of drug-likeness (QED) is 0.286. The molecule has 0 N–H and O–H groups in total. The summed E-state index contributed by atoms with van der Waals surface area (Å²) in [5.74, 6) is 0. The van der Waals surface area contributed by atoms with E-state index in [9.17, 15) is 0 Å². The van der Waals surface area contributed by atoms with Crippen molar-refractivity contribution in [3.8, 4) is 0 Å². The first-order valence-corrected chi connectivity index (χ1v) is 15.9. The fourth-order valence-electron chi connectivity index (χ4n) is 2.12. The molecule has 0 saturated carbocycles. The van der Waals surface area contributed by atoms with Crippen LogP contribution in [0.1, 0.15) is 6.92 Å². The topological polar surface area (TPSA) is 55.4 Å². The summed E-state index contributed by atoms with van der Waals surface area (Å²) in [6.45, 7) is 24.9. The van der Waals surface area contributed by atoms with E-state index in [0.29, 0.717) is 26.4 Å². The highest BCUT2D eigenvalue weighted by atomic mass is 28.5. The lowest BCUT2D eigenvalue weighted by molar-refractivity contribution is 0.0560. The molecule has 0 aromatic heterocycles. The van der Waals surface area contributed by atoms with Gasteiger partial charge in [-0.15, -0.1) is 13.2 Å². The van der Waals surface area contributed by atoms with Crippen molar-refractivity contribution in [3.63, 3.8) is 0 Å². The van der Waals surface area contributed by atoms with Gasteiger partial charge in [-0.1, -0.05) is 31.5 Å². The average Bonchev–Trinajstić information content (AvgIpc) is 2.61. The highest BCUT2D eigenvalue weighted by molar-refractivity contribution is 6.96. The van der Waals surface area contributed by atoms with Crippen LogP contribution in [0.2, 0.25) is 25.7 Å². The lowest BCUT2D eigenvalue weighted by atomic mass is 10.7. The molecule has 9 heteroatoms. The molecule has 0 radical (unpaired) electrons. The molecule has 2 atom stereocenters. The highest BCUT2D eigenvalue weighted by Crippen LogP contribution is 2.33. The van der Waals surface area contributed by atoms with Gasteiger partial charge in [0.05, 0.1) is 25.7 Å². The average molecular weight is 419 g/mol. The summed E-state index contributed by atoms with van der Waals surface area (Å²) < 4.78 is 32.8. The SMILES string of the molecule is C=COCCOCCOC=C.C=C[Si]1(C)O[Si](C)(C=C)O[Si](C)(CC)O1. The molecule has 150 valence electrons. The van der Waals surface area contributed by atoms with Crippen molar-refractivity contribution < 1.29 is 26.6 Å². The van der Waals surface area contributed by atoms with Gasteiger partial charge in [-0.3, -0.25) is 0 Å². The minimum absolute atomic E-state index is 0.539. The van der Waals surface area contributed by atoms with Crippen molar-refractivity contribution in [2.75, 3.05) is 26.4 Å². The van der Waals surface area contributed by atoms with E-state index in [2.05, 4.69) is 39.8 Å². The predicted molar refractivity (Wildman–Crippen MR) is 112 cm³/mol. The summed E-state index contributed by atoms with van der Waals surface area (Å²) in [6.07, 6.45) is 2.78. The van der Waals surface area contributed by atoms with E-state index in [1.165, 1.54) is 12.5 Å². The van der Waals surface area contributed by atoms with Crippen molar-refractivity contribution in [3.05, 3.63) is 50.2 Å². The number of hydrogen-bond acceptors (Lipinski definition) is 6. The summed E-state index contributed by atoms with van der Waals surface area (Å²) in [5.41, 5.74) is 3.68. The third kappa shape index (κ3) is 9.67. The first-order chi connectivity index (χ1) is 12.2. The van der Waals surface area contributed by atoms with Crippen LogP contribution in [0.3, 0.4) is 0 Å². The van der Waals surface area contributed by atoms with E-state index < -0.39 is 25.7 Å². The van der Waals surface area contributed by atoms with Gasteiger partial charge in [-0.25, -0.2) is 0 Å². The smallest absolute Gasteiger partial charge is 0.343 e. The Morgan fingerprint density at radius 2 is 1.15 bits per heavy atom. The summed E-state index contributed by atoms with van der Waals surface area (Å²) >= 11 is 0. The van der Waals surface area contributed by atoms with Crippen LogP contribution in [-0.2, 0) is 26.6 Å². The normalized spacial score (nSPS) is 30.3. The van der Waals surface area contributed by atoms with Crippen LogP contribution in [0.5, 0.6) is 0 Å². The molecule has 1 heterocycles. The van der Waals surface area contributed by atoms with Gasteiger partial charge >= 0.3 is 25.7 Å². The van der Waals surface area contributed by atoms with Crippen molar-refractivity contribution >= 4 is 25.7 Å². The Balaban J connectivity index is 0.000000508. The Bertz CT molecular complexity index is 428. The number of ether oxygens (including phenoxy) is 3. The maximum absolute atomic E-state index is 6.06. The Labute approximate surface area is 161 Å². The fourth-order valence-corrected chi connectivity index (χ4v) is 16.3. The molecule has 6 nitrogen and oxygen atoms in total. The van der Waals surface area contributed by atoms with Gasteiger partial charge in [0.1, 0.15) is 13.2 Å². The third-order valence-electron chi connectivity index (χ3n) is 3.55. The first-order valence-electron chi connectivity index (χ1n) is 8.62. The third-order valence-corrected chi connectivity index (χ3v) is 16.3. The molecule has 26 heavy (non-hydrogen) atoms. The maximum atomic E-state index is 6.06. The van der Waals surface area contributed by atoms with Gasteiger partial charge in [0.25, 0.3) is 0 Å². The Hall–Kier alpha value is -0.949. The monoisotopic (exact) mass is 418 g/mol. The van der Waals surface area contributed by atoms with Gasteiger partial charge < -0.3 is 26.6 Å². The standard InChI is InChI=1S/C9H20O3Si3.C8H14O3/c1-7-13(4)10-14(5,8-2)12-15(6,9-3)11-13;1-3-9-5-7-11-8-6-10-4-2/h7-8H,1-2,9H2,3-6H3;3-4H,1-2,5-8H2. The summed E-state index contributed by atoms with van der Waals surface area (Å²) in [7, 11) is -6.53. The zero-order chi connectivity index (χ0) is 20.1. The minimum Gasteiger partial charge on any atom is -0.499 e. The van der Waals surface area contributed by atoms with Gasteiger partial charge in [0.15, 0.2) is 0 Å². The lowest BCUT2D eigenvalue weighted by Gasteiger charge is -2.47. The van der Waals surface area contributed by atoms with E-state index in [1.54, 1.807) is 0 Å². The van der Waals surface area contributed by atoms with Crippen LogP contribution in [0.15, 0.2) is 50.2 Å². The molecule has 1 rings (SSSR count). The predicted octanol–water partition coefficient (Wildman–Crippen LogP) is 4.06. The molecular formula is C17H34O6Si3. The molecule has 0 bridgehead atoms. The molecule has 1 aliphatic heterocycles. The van der Waals surface area contributed by atoms with Gasteiger partial charge in [-0.05, 0) is 25.7 Å². The second kappa shape index (κ2) is 12.4. The van der Waals surface area contributed by atoms with Gasteiger partial charge in [0, 0.05) is 0 Å². The van der Waals surface area contributed by atoms with Crippen LogP contribution in [-0.4, -0.2) is 52.1 Å². The van der Waals surface area contributed by atoms with Crippen molar-refractivity contribution in [1.29, 1.82) is 0 Å². The van der Waals surface area contributed by atoms with E-state index in [4.69, 9.17) is 26.6 Å². The molecule has 0 aliphatic carbocycles. The molecule has 1 fully saturated rings. The van der Waals surface area contributed by atoms with Gasteiger partial charge in [0.2, 0.25) is 0 Å². The molecule has 0 spiro atoms. The molecule has 0 aromatic rings. The number of hydrogen-bond donors (Lipinski definition) is 0. The van der Waals surface area contributed by atoms with E-state index in [-0.39, 0.29) is 0 Å². The van der Waals surface area contributed by atoms with Crippen molar-refractivity contribution in [2.24, 2.45) is 0 Å². The van der Waals surface area contributed by atoms with Gasteiger partial charge in [-0.2, -0.15) is 0 Å². The van der Waals surface area contributed by atoms with Crippen LogP contribution < -0.4 is 0 Å². The largest absolute Gasteiger partial charge is 0.499 e. The Morgan fingerprint density at radius 1 is 0.731 bits per heavy atom. The summed E-state index contributed by atoms with van der Waals surface area (Å²) in [4.78, 5) is 0. The van der Waals surface area contributed by atoms with Crippen LogP contribution >= 0.6 is 0 Å². The maximum Gasteiger partial charge on any atom is 0.343 e. The molecule has 1 aliphatic rings. The Morgan fingerprint density at radius 3 is 1.46 bits per heavy atom. The zero-order valence-electron chi connectivity index (χ0n) is 16.6. The summed E-state index contributed by atoms with van der Waals surface area (Å²) in [5, 5.41) is 0. The lowest BCUT2D eigenvalue weighted by Crippen LogP contribution is -2.66. The highest BCUT2D eigenvalue weighted by Gasteiger charge is 2.53. The first kappa shape index (κ1) is 25.1. The number of rotatable bonds is 11. The van der Waals surface area contributed by atoms with E-state index >= 15 is 0 Å². The van der Waals surface area contributed by atoms with Crippen molar-refractivity contribution in [1.82, 2.24) is 0 Å². The van der Waals surface area contributed by atoms with Crippen LogP contribution in [0.25, 0.3) is 0 Å². The molecule has 0 aromatic carbocycles. The van der Waals surface area contributed by atoms with Crippen LogP contribution in [0, 0.1) is 0 Å². The van der Waals surface area contributed by atoms with Crippen molar-refractivity contribution in [2.45, 2.75) is 32.6 Å². The second-order valence-corrected chi connectivity index (χ2v) is 16.2. The Kier molecular flexibility index (Phi) is 12.0. The molecule has 2 unspecified atom stereocenters. The molecular weight excluding hydrogens is 384 g/mol. The minimum atomic E-state index is -2.23. The van der Waals surface area contributed by atoms with E-state index in [0.717, 1.165) is 6.04 Å². The van der Waals surface area contributed by atoms with E-state index in [1.807, 2.05) is 24.5 Å². The molecule has 0 amide bonds. The second-order valence-electron chi connectivity index (χ2n) is 5.92. The summed E-state index contributed by atoms with van der Waals surface area (Å²) in [6, 6.07) is 0.934. The zero-order valence-corrected chi connectivity index (χ0v) is 19.6. The molecule has 1 saturated heterocycles. The fraction of sp³-hybridized carbons (Fsp3) is 0.529.